The highest BCUT2D eigenvalue weighted by atomic mass is 16.1. The van der Waals surface area contributed by atoms with E-state index in [1.54, 1.807) is 0 Å². The second-order valence-electron chi connectivity index (χ2n) is 4.70. The van der Waals surface area contributed by atoms with Gasteiger partial charge < -0.3 is 16.0 Å². The largest absolute Gasteiger partial charge is 0.397 e. The molecule has 1 aliphatic rings. The number of rotatable bonds is 4. The summed E-state index contributed by atoms with van der Waals surface area (Å²) in [4.78, 5) is 13.6. The summed E-state index contributed by atoms with van der Waals surface area (Å²) in [6.07, 6.45) is 2.47. The molecule has 1 heterocycles. The molecule has 0 fully saturated rings. The normalized spacial score (nSPS) is 14.0. The number of hydrogen-bond acceptors (Lipinski definition) is 3. The zero-order chi connectivity index (χ0) is 13.1. The number of anilines is 3. The Balaban J connectivity index is 2.35. The van der Waals surface area contributed by atoms with Crippen LogP contribution in [0.2, 0.25) is 0 Å². The predicted molar refractivity (Wildman–Crippen MR) is 76.0 cm³/mol. The smallest absolute Gasteiger partial charge is 0.224 e. The molecule has 1 aromatic rings. The Hall–Kier alpha value is -1.71. The number of carbonyl (C=O) groups excluding carboxylic acids is 1. The van der Waals surface area contributed by atoms with Gasteiger partial charge in [0.1, 0.15) is 0 Å². The van der Waals surface area contributed by atoms with Gasteiger partial charge in [0, 0.05) is 25.2 Å². The molecule has 2 rings (SSSR count). The Labute approximate surface area is 108 Å². The van der Waals surface area contributed by atoms with Crippen molar-refractivity contribution >= 4 is 23.0 Å². The molecule has 0 saturated heterocycles. The fraction of sp³-hybridized carbons (Fsp3) is 0.500. The summed E-state index contributed by atoms with van der Waals surface area (Å²) in [6.45, 7) is 6.25. The van der Waals surface area contributed by atoms with E-state index in [2.05, 4.69) is 30.1 Å². The van der Waals surface area contributed by atoms with Gasteiger partial charge in [-0.25, -0.2) is 0 Å². The number of nitrogens with one attached hydrogen (secondary N) is 1. The van der Waals surface area contributed by atoms with Crippen LogP contribution >= 0.6 is 0 Å². The first-order valence-electron chi connectivity index (χ1n) is 6.62. The molecule has 98 valence electrons. The first-order valence-corrected chi connectivity index (χ1v) is 6.62. The zero-order valence-electron chi connectivity index (χ0n) is 11.1. The van der Waals surface area contributed by atoms with Gasteiger partial charge in [-0.05, 0) is 37.5 Å². The minimum Gasteiger partial charge on any atom is -0.397 e. The van der Waals surface area contributed by atoms with E-state index >= 15 is 0 Å². The lowest BCUT2D eigenvalue weighted by Crippen LogP contribution is -2.26. The molecule has 0 radical (unpaired) electrons. The zero-order valence-corrected chi connectivity index (χ0v) is 11.1. The number of carbonyl (C=O) groups is 1. The number of amides is 1. The standard InChI is InChI=1S/C14H21N3O/c1-3-7-17(4-2)13-8-10-5-6-14(18)16-12(10)9-11(13)15/h8-9H,3-7,15H2,1-2H3,(H,16,18). The Morgan fingerprint density at radius 3 is 2.78 bits per heavy atom. The Bertz CT molecular complexity index is 457. The first-order chi connectivity index (χ1) is 8.65. The Morgan fingerprint density at radius 1 is 1.33 bits per heavy atom. The molecule has 0 atom stereocenters. The van der Waals surface area contributed by atoms with E-state index in [0.717, 1.165) is 43.0 Å². The summed E-state index contributed by atoms with van der Waals surface area (Å²) in [5.41, 5.74) is 10.0. The van der Waals surface area contributed by atoms with Crippen molar-refractivity contribution < 1.29 is 4.79 Å². The molecule has 0 saturated carbocycles. The second kappa shape index (κ2) is 5.29. The van der Waals surface area contributed by atoms with Crippen molar-refractivity contribution in [3.8, 4) is 0 Å². The molecule has 0 aromatic heterocycles. The van der Waals surface area contributed by atoms with Gasteiger partial charge >= 0.3 is 0 Å². The molecule has 0 unspecified atom stereocenters. The molecule has 1 aliphatic heterocycles. The van der Waals surface area contributed by atoms with Gasteiger partial charge in [0.15, 0.2) is 0 Å². The number of hydrogen-bond donors (Lipinski definition) is 2. The topological polar surface area (TPSA) is 58.4 Å². The van der Waals surface area contributed by atoms with Gasteiger partial charge in [0.05, 0.1) is 11.4 Å². The van der Waals surface area contributed by atoms with Crippen LogP contribution in [0.15, 0.2) is 12.1 Å². The fourth-order valence-electron chi connectivity index (χ4n) is 2.43. The molecule has 1 aromatic carbocycles. The summed E-state index contributed by atoms with van der Waals surface area (Å²) >= 11 is 0. The quantitative estimate of drug-likeness (QED) is 0.803. The van der Waals surface area contributed by atoms with Crippen LogP contribution in [0, 0.1) is 0 Å². The predicted octanol–water partition coefficient (Wildman–Crippen LogP) is 2.39. The van der Waals surface area contributed by atoms with Gasteiger partial charge in [-0.3, -0.25) is 4.79 Å². The van der Waals surface area contributed by atoms with Gasteiger partial charge in [-0.1, -0.05) is 6.92 Å². The summed E-state index contributed by atoms with van der Waals surface area (Å²) in [5, 5.41) is 2.88. The van der Waals surface area contributed by atoms with Crippen LogP contribution < -0.4 is 16.0 Å². The second-order valence-corrected chi connectivity index (χ2v) is 4.70. The molecule has 0 aliphatic carbocycles. The summed E-state index contributed by atoms with van der Waals surface area (Å²) in [7, 11) is 0. The lowest BCUT2D eigenvalue weighted by atomic mass is 10.0. The lowest BCUT2D eigenvalue weighted by Gasteiger charge is -2.27. The first kappa shape index (κ1) is 12.7. The van der Waals surface area contributed by atoms with Gasteiger partial charge in [0.25, 0.3) is 0 Å². The van der Waals surface area contributed by atoms with Gasteiger partial charge in [-0.2, -0.15) is 0 Å². The average molecular weight is 247 g/mol. The van der Waals surface area contributed by atoms with E-state index in [0.29, 0.717) is 6.42 Å². The van der Waals surface area contributed by atoms with Crippen molar-refractivity contribution in [1.82, 2.24) is 0 Å². The average Bonchev–Trinajstić information content (AvgIpc) is 2.35. The van der Waals surface area contributed by atoms with E-state index in [1.807, 2.05) is 6.07 Å². The van der Waals surface area contributed by atoms with Crippen molar-refractivity contribution in [2.45, 2.75) is 33.1 Å². The number of nitrogens with two attached hydrogens (primary N) is 1. The van der Waals surface area contributed by atoms with E-state index in [-0.39, 0.29) is 5.91 Å². The number of benzene rings is 1. The van der Waals surface area contributed by atoms with E-state index < -0.39 is 0 Å². The highest BCUT2D eigenvalue weighted by Gasteiger charge is 2.18. The maximum atomic E-state index is 11.4. The molecule has 0 spiro atoms. The van der Waals surface area contributed by atoms with Crippen molar-refractivity contribution in [2.75, 3.05) is 29.0 Å². The molecule has 0 bridgehead atoms. The minimum atomic E-state index is 0.0792. The SMILES string of the molecule is CCCN(CC)c1cc2c(cc1N)NC(=O)CC2. The summed E-state index contributed by atoms with van der Waals surface area (Å²) in [5.74, 6) is 0.0792. The van der Waals surface area contributed by atoms with E-state index in [4.69, 9.17) is 5.73 Å². The van der Waals surface area contributed by atoms with Gasteiger partial charge in [0.2, 0.25) is 5.91 Å². The maximum Gasteiger partial charge on any atom is 0.224 e. The highest BCUT2D eigenvalue weighted by Crippen LogP contribution is 2.33. The Morgan fingerprint density at radius 2 is 2.11 bits per heavy atom. The molecule has 4 nitrogen and oxygen atoms in total. The van der Waals surface area contributed by atoms with Crippen LogP contribution in [0.3, 0.4) is 0 Å². The highest BCUT2D eigenvalue weighted by molar-refractivity contribution is 5.95. The fourth-order valence-corrected chi connectivity index (χ4v) is 2.43. The molecule has 3 N–H and O–H groups in total. The maximum absolute atomic E-state index is 11.4. The van der Waals surface area contributed by atoms with Gasteiger partial charge in [-0.15, -0.1) is 0 Å². The third-order valence-electron chi connectivity index (χ3n) is 3.36. The monoisotopic (exact) mass is 247 g/mol. The lowest BCUT2D eigenvalue weighted by molar-refractivity contribution is -0.116. The third kappa shape index (κ3) is 2.42. The van der Waals surface area contributed by atoms with Crippen molar-refractivity contribution in [3.63, 3.8) is 0 Å². The van der Waals surface area contributed by atoms with Crippen LogP contribution in [0.1, 0.15) is 32.3 Å². The molecule has 4 heteroatoms. The van der Waals surface area contributed by atoms with E-state index in [1.165, 1.54) is 5.56 Å². The van der Waals surface area contributed by atoms with Crippen molar-refractivity contribution in [2.24, 2.45) is 0 Å². The van der Waals surface area contributed by atoms with E-state index in [9.17, 15) is 4.79 Å². The molecular formula is C14H21N3O. The molecule has 18 heavy (non-hydrogen) atoms. The van der Waals surface area contributed by atoms with Crippen LogP contribution in [0.5, 0.6) is 0 Å². The molecule has 1 amide bonds. The number of fused-ring (bicyclic) bond motifs is 1. The van der Waals surface area contributed by atoms with Crippen LogP contribution in [-0.4, -0.2) is 19.0 Å². The third-order valence-corrected chi connectivity index (χ3v) is 3.36. The van der Waals surface area contributed by atoms with Crippen LogP contribution in [0.25, 0.3) is 0 Å². The molecular weight excluding hydrogens is 226 g/mol. The van der Waals surface area contributed by atoms with Crippen LogP contribution in [0.4, 0.5) is 17.1 Å². The summed E-state index contributed by atoms with van der Waals surface area (Å²) in [6, 6.07) is 4.02. The van der Waals surface area contributed by atoms with Crippen LogP contribution in [-0.2, 0) is 11.2 Å². The van der Waals surface area contributed by atoms with Crippen molar-refractivity contribution in [1.29, 1.82) is 0 Å². The number of nitrogens with zero attached hydrogens (tertiary/aromatic N) is 1. The van der Waals surface area contributed by atoms with Crippen molar-refractivity contribution in [3.05, 3.63) is 17.7 Å². The summed E-state index contributed by atoms with van der Waals surface area (Å²) < 4.78 is 0. The number of aryl methyl sites for hydroxylation is 1. The number of nitrogen functional groups attached to an aromatic ring is 1. The minimum absolute atomic E-state index is 0.0792. The Kier molecular flexibility index (Phi) is 3.75.